The zero-order chi connectivity index (χ0) is 17.8. The normalized spacial score (nSPS) is 13.1. The van der Waals surface area contributed by atoms with Crippen LogP contribution in [-0.4, -0.2) is 35.3 Å². The summed E-state index contributed by atoms with van der Waals surface area (Å²) in [5.74, 6) is 0.550. The quantitative estimate of drug-likeness (QED) is 0.335. The van der Waals surface area contributed by atoms with E-state index in [-0.39, 0.29) is 12.2 Å². The van der Waals surface area contributed by atoms with Crippen molar-refractivity contribution in [2.75, 3.05) is 18.6 Å². The van der Waals surface area contributed by atoms with Crippen LogP contribution in [0.4, 0.5) is 0 Å². The van der Waals surface area contributed by atoms with Crippen LogP contribution in [0.15, 0.2) is 28.7 Å². The van der Waals surface area contributed by atoms with Crippen LogP contribution in [-0.2, 0) is 16.0 Å². The Bertz CT molecular complexity index is 544. The van der Waals surface area contributed by atoms with Gasteiger partial charge in [-0.15, -0.1) is 0 Å². The topological polar surface area (TPSA) is 70.3 Å². The fourth-order valence-electron chi connectivity index (χ4n) is 2.21. The number of halogens is 1. The number of carbonyl (C=O) groups is 1. The minimum atomic E-state index is -1.63. The van der Waals surface area contributed by atoms with Gasteiger partial charge in [-0.2, -0.15) is 17.0 Å². The molecule has 1 rings (SSSR count). The Morgan fingerprint density at radius 3 is 2.58 bits per heavy atom. The third-order valence-corrected chi connectivity index (χ3v) is 5.42. The predicted octanol–water partition coefficient (Wildman–Crippen LogP) is 4.10. The van der Waals surface area contributed by atoms with Gasteiger partial charge in [0.15, 0.2) is 5.60 Å². The van der Waals surface area contributed by atoms with Crippen LogP contribution < -0.4 is 0 Å². The van der Waals surface area contributed by atoms with Crippen LogP contribution in [0.5, 0.6) is 0 Å². The molecule has 6 heteroatoms. The van der Waals surface area contributed by atoms with Crippen LogP contribution in [0.25, 0.3) is 0 Å². The summed E-state index contributed by atoms with van der Waals surface area (Å²) in [5.41, 5.74) is -0.270. The van der Waals surface area contributed by atoms with Gasteiger partial charge in [-0.05, 0) is 42.7 Å². The molecule has 0 amide bonds. The van der Waals surface area contributed by atoms with Crippen molar-refractivity contribution in [1.82, 2.24) is 0 Å². The first-order valence-electron chi connectivity index (χ1n) is 8.02. The molecule has 0 aliphatic rings. The minimum absolute atomic E-state index is 0.234. The van der Waals surface area contributed by atoms with Gasteiger partial charge in [0.05, 0.1) is 19.6 Å². The average Bonchev–Trinajstić information content (AvgIpc) is 2.58. The number of carbonyl (C=O) groups excluding carboxylic acids is 1. The molecule has 0 aromatic heterocycles. The van der Waals surface area contributed by atoms with Crippen molar-refractivity contribution in [2.24, 2.45) is 0 Å². The second-order valence-electron chi connectivity index (χ2n) is 5.74. The molecule has 0 aliphatic heterocycles. The summed E-state index contributed by atoms with van der Waals surface area (Å²) in [6.45, 7) is 0. The van der Waals surface area contributed by atoms with Gasteiger partial charge in [-0.3, -0.25) is 4.79 Å². The maximum atomic E-state index is 11.2. The van der Waals surface area contributed by atoms with Crippen molar-refractivity contribution >= 4 is 33.7 Å². The summed E-state index contributed by atoms with van der Waals surface area (Å²) in [7, 11) is 1.25. The van der Waals surface area contributed by atoms with Crippen molar-refractivity contribution in [3.05, 3.63) is 34.3 Å². The summed E-state index contributed by atoms with van der Waals surface area (Å²) in [4.78, 5) is 11.2. The van der Waals surface area contributed by atoms with Gasteiger partial charge >= 0.3 is 5.97 Å². The number of nitriles is 1. The summed E-state index contributed by atoms with van der Waals surface area (Å²) < 4.78 is 5.61. The first kappa shape index (κ1) is 21.0. The van der Waals surface area contributed by atoms with Gasteiger partial charge in [0, 0.05) is 10.2 Å². The fraction of sp³-hybridized carbons (Fsp3) is 0.556. The number of thioether (sulfide) groups is 1. The van der Waals surface area contributed by atoms with E-state index < -0.39 is 11.6 Å². The van der Waals surface area contributed by atoms with Gasteiger partial charge in [0.2, 0.25) is 0 Å². The number of hydrogen-bond acceptors (Lipinski definition) is 5. The highest BCUT2D eigenvalue weighted by molar-refractivity contribution is 9.10. The van der Waals surface area contributed by atoms with Crippen molar-refractivity contribution in [1.29, 1.82) is 5.26 Å². The lowest BCUT2D eigenvalue weighted by atomic mass is 10.1. The van der Waals surface area contributed by atoms with Crippen LogP contribution in [0.2, 0.25) is 0 Å². The Morgan fingerprint density at radius 2 is 1.96 bits per heavy atom. The summed E-state index contributed by atoms with van der Waals surface area (Å²) in [6.07, 6.45) is 5.32. The average molecular weight is 414 g/mol. The molecule has 1 aromatic rings. The van der Waals surface area contributed by atoms with Crippen molar-refractivity contribution in [3.8, 4) is 6.07 Å². The Kier molecular flexibility index (Phi) is 10.1. The van der Waals surface area contributed by atoms with E-state index in [4.69, 9.17) is 5.26 Å². The molecule has 24 heavy (non-hydrogen) atoms. The van der Waals surface area contributed by atoms with E-state index in [1.165, 1.54) is 30.9 Å². The monoisotopic (exact) mass is 413 g/mol. The summed E-state index contributed by atoms with van der Waals surface area (Å²) >= 11 is 4.94. The third kappa shape index (κ3) is 8.72. The third-order valence-electron chi connectivity index (χ3n) is 3.63. The Balaban J connectivity index is 2.08. The van der Waals surface area contributed by atoms with E-state index in [2.05, 4.69) is 44.9 Å². The van der Waals surface area contributed by atoms with Crippen LogP contribution in [0.1, 0.15) is 37.7 Å². The molecule has 1 aromatic carbocycles. The number of rotatable bonds is 11. The second kappa shape index (κ2) is 11.5. The van der Waals surface area contributed by atoms with E-state index >= 15 is 0 Å². The lowest BCUT2D eigenvalue weighted by Gasteiger charge is -2.18. The van der Waals surface area contributed by atoms with Crippen molar-refractivity contribution < 1.29 is 14.6 Å². The van der Waals surface area contributed by atoms with E-state index in [1.54, 1.807) is 0 Å². The Labute approximate surface area is 156 Å². The number of nitrogens with zero attached hydrogens (tertiary/aromatic N) is 1. The molecule has 4 nitrogen and oxygen atoms in total. The molecule has 132 valence electrons. The zero-order valence-corrected chi connectivity index (χ0v) is 16.4. The molecule has 0 heterocycles. The van der Waals surface area contributed by atoms with Crippen LogP contribution >= 0.6 is 27.7 Å². The van der Waals surface area contributed by atoms with Crippen LogP contribution in [0.3, 0.4) is 0 Å². The predicted molar refractivity (Wildman–Crippen MR) is 101 cm³/mol. The number of benzene rings is 1. The van der Waals surface area contributed by atoms with E-state index in [1.807, 2.05) is 6.07 Å². The smallest absolute Gasteiger partial charge is 0.309 e. The molecule has 0 aliphatic carbocycles. The number of ether oxygens (including phenoxy) is 1. The largest absolute Gasteiger partial charge is 0.469 e. The molecule has 1 atom stereocenters. The van der Waals surface area contributed by atoms with Crippen molar-refractivity contribution in [2.45, 2.75) is 44.1 Å². The molecule has 0 radical (unpaired) electrons. The fourth-order valence-corrected chi connectivity index (χ4v) is 3.53. The highest BCUT2D eigenvalue weighted by Gasteiger charge is 2.30. The molecule has 0 bridgehead atoms. The highest BCUT2D eigenvalue weighted by atomic mass is 79.9. The van der Waals surface area contributed by atoms with E-state index in [0.29, 0.717) is 0 Å². The van der Waals surface area contributed by atoms with Crippen molar-refractivity contribution in [3.63, 3.8) is 0 Å². The Hall–Kier alpha value is -1.03. The zero-order valence-electron chi connectivity index (χ0n) is 14.0. The lowest BCUT2D eigenvalue weighted by molar-refractivity contribution is -0.143. The van der Waals surface area contributed by atoms with Gasteiger partial charge in [0.25, 0.3) is 0 Å². The number of aliphatic hydroxyl groups is 1. The minimum Gasteiger partial charge on any atom is -0.469 e. The number of aryl methyl sites for hydroxylation is 1. The second-order valence-corrected chi connectivity index (χ2v) is 7.76. The molecule has 0 saturated heterocycles. The maximum Gasteiger partial charge on any atom is 0.309 e. The molecule has 0 spiro atoms. The molecule has 0 saturated carbocycles. The first-order chi connectivity index (χ1) is 11.5. The molecular formula is C18H24BrNO3S. The molecule has 1 unspecified atom stereocenters. The van der Waals surface area contributed by atoms with Gasteiger partial charge in [0.1, 0.15) is 0 Å². The number of unbranched alkanes of at least 4 members (excludes halogenated alkanes) is 3. The Morgan fingerprint density at radius 1 is 1.29 bits per heavy atom. The van der Waals surface area contributed by atoms with E-state index in [9.17, 15) is 9.90 Å². The van der Waals surface area contributed by atoms with E-state index in [0.717, 1.165) is 35.9 Å². The first-order valence-corrected chi connectivity index (χ1v) is 9.96. The van der Waals surface area contributed by atoms with Gasteiger partial charge in [-0.25, -0.2) is 0 Å². The highest BCUT2D eigenvalue weighted by Crippen LogP contribution is 2.19. The standard InChI is InChI=1S/C18H24BrNO3S/c1-23-17(21)12-18(22,13-20)14-24-11-5-3-2-4-6-15-7-9-16(19)10-8-15/h7-10,22H,2-6,11-12,14H2,1H3. The number of hydrogen-bond donors (Lipinski definition) is 1. The summed E-state index contributed by atoms with van der Waals surface area (Å²) in [6, 6.07) is 10.2. The van der Waals surface area contributed by atoms with Gasteiger partial charge in [-0.1, -0.05) is 40.9 Å². The van der Waals surface area contributed by atoms with Gasteiger partial charge < -0.3 is 9.84 Å². The number of methoxy groups -OCH3 is 1. The van der Waals surface area contributed by atoms with Crippen LogP contribution in [0, 0.1) is 11.3 Å². The molecule has 0 fully saturated rings. The SMILES string of the molecule is COC(=O)CC(O)(C#N)CSCCCCCCc1ccc(Br)cc1. The lowest BCUT2D eigenvalue weighted by Crippen LogP contribution is -2.33. The maximum absolute atomic E-state index is 11.2. The summed E-state index contributed by atoms with van der Waals surface area (Å²) in [5, 5.41) is 19.0. The molecule has 1 N–H and O–H groups in total. The molecular weight excluding hydrogens is 390 g/mol. The number of esters is 1.